The van der Waals surface area contributed by atoms with Gasteiger partial charge in [-0.3, -0.25) is 9.79 Å². The molecular weight excluding hydrogens is 309 g/mol. The molecule has 0 saturated heterocycles. The van der Waals surface area contributed by atoms with E-state index in [2.05, 4.69) is 15.0 Å². The number of anilines is 1. The highest BCUT2D eigenvalue weighted by molar-refractivity contribution is 5.82. The maximum atomic E-state index is 12.9. The van der Waals surface area contributed by atoms with Gasteiger partial charge in [0.05, 0.1) is 13.1 Å². The van der Waals surface area contributed by atoms with Gasteiger partial charge in [0, 0.05) is 30.2 Å². The van der Waals surface area contributed by atoms with Crippen LogP contribution in [0.3, 0.4) is 0 Å². The van der Waals surface area contributed by atoms with E-state index in [-0.39, 0.29) is 5.82 Å². The number of carbonyl (C=O) groups excluding carboxylic acids is 1. The smallest absolute Gasteiger partial charge is 0.226 e. The summed E-state index contributed by atoms with van der Waals surface area (Å²) in [6.07, 6.45) is 3.95. The number of carbonyl (C=O) groups is 1. The van der Waals surface area contributed by atoms with Crippen LogP contribution < -0.4 is 10.6 Å². The van der Waals surface area contributed by atoms with E-state index >= 15 is 0 Å². The largest absolute Gasteiger partial charge is 0.400 e. The Labute approximate surface area is 138 Å². The van der Waals surface area contributed by atoms with Crippen molar-refractivity contribution in [3.63, 3.8) is 0 Å². The van der Waals surface area contributed by atoms with Crippen molar-refractivity contribution in [2.45, 2.75) is 6.54 Å². The highest BCUT2D eigenvalue weighted by Crippen LogP contribution is 2.18. The van der Waals surface area contributed by atoms with Crippen molar-refractivity contribution in [2.75, 3.05) is 18.0 Å². The molecule has 0 aliphatic carbocycles. The zero-order valence-corrected chi connectivity index (χ0v) is 12.9. The highest BCUT2D eigenvalue weighted by atomic mass is 19.1. The summed E-state index contributed by atoms with van der Waals surface area (Å²) in [5, 5.41) is 0. The Morgan fingerprint density at radius 3 is 2.79 bits per heavy atom. The fourth-order valence-electron chi connectivity index (χ4n) is 2.37. The molecule has 6 nitrogen and oxygen atoms in total. The lowest BCUT2D eigenvalue weighted by atomic mass is 10.2. The lowest BCUT2D eigenvalue weighted by Gasteiger charge is -2.15. The van der Waals surface area contributed by atoms with Gasteiger partial charge < -0.3 is 10.6 Å². The SMILES string of the molecule is NC1=C(C=NCc2ccc(F)cc2)CN(c2nccc(C=O)n2)C1. The summed E-state index contributed by atoms with van der Waals surface area (Å²) in [5.41, 5.74) is 8.88. The summed E-state index contributed by atoms with van der Waals surface area (Å²) in [4.78, 5) is 25.4. The van der Waals surface area contributed by atoms with Gasteiger partial charge in [-0.2, -0.15) is 0 Å². The molecule has 0 atom stereocenters. The van der Waals surface area contributed by atoms with Gasteiger partial charge in [0.15, 0.2) is 6.29 Å². The number of hydrogen-bond acceptors (Lipinski definition) is 6. The Hall–Kier alpha value is -3.09. The molecule has 3 rings (SSSR count). The molecule has 0 amide bonds. The molecule has 0 fully saturated rings. The summed E-state index contributed by atoms with van der Waals surface area (Å²) in [6, 6.07) is 7.77. The fraction of sp³-hybridized carbons (Fsp3) is 0.176. The zero-order valence-electron chi connectivity index (χ0n) is 12.9. The Bertz CT molecular complexity index is 801. The van der Waals surface area contributed by atoms with Crippen molar-refractivity contribution in [1.82, 2.24) is 9.97 Å². The van der Waals surface area contributed by atoms with E-state index in [4.69, 9.17) is 5.73 Å². The second-order valence-electron chi connectivity index (χ2n) is 5.40. The Kier molecular flexibility index (Phi) is 4.60. The van der Waals surface area contributed by atoms with Crippen molar-refractivity contribution >= 4 is 18.4 Å². The molecule has 24 heavy (non-hydrogen) atoms. The molecule has 7 heteroatoms. The molecule has 2 N–H and O–H groups in total. The third kappa shape index (κ3) is 3.62. The van der Waals surface area contributed by atoms with Gasteiger partial charge in [0.25, 0.3) is 0 Å². The van der Waals surface area contributed by atoms with E-state index < -0.39 is 0 Å². The van der Waals surface area contributed by atoms with Crippen LogP contribution in [0.15, 0.2) is 52.8 Å². The molecule has 0 spiro atoms. The first-order chi connectivity index (χ1) is 11.7. The lowest BCUT2D eigenvalue weighted by Crippen LogP contribution is -2.24. The minimum atomic E-state index is -0.265. The number of nitrogens with zero attached hydrogens (tertiary/aromatic N) is 4. The average Bonchev–Trinajstić information content (AvgIpc) is 2.98. The summed E-state index contributed by atoms with van der Waals surface area (Å²) < 4.78 is 12.9. The van der Waals surface area contributed by atoms with Crippen LogP contribution in [0.1, 0.15) is 16.1 Å². The molecular formula is C17H16FN5O. The normalized spacial score (nSPS) is 14.6. The van der Waals surface area contributed by atoms with Gasteiger partial charge in [-0.25, -0.2) is 14.4 Å². The predicted octanol–water partition coefficient (Wildman–Crippen LogP) is 1.73. The number of aromatic nitrogens is 2. The monoisotopic (exact) mass is 325 g/mol. The maximum absolute atomic E-state index is 12.9. The first kappa shape index (κ1) is 15.8. The number of aliphatic imine (C=N–C) groups is 1. The molecule has 1 aliphatic rings. The molecule has 1 aromatic heterocycles. The van der Waals surface area contributed by atoms with E-state index in [9.17, 15) is 9.18 Å². The highest BCUT2D eigenvalue weighted by Gasteiger charge is 2.21. The minimum absolute atomic E-state index is 0.265. The van der Waals surface area contributed by atoms with Crippen molar-refractivity contribution in [3.8, 4) is 0 Å². The number of rotatable bonds is 5. The van der Waals surface area contributed by atoms with Gasteiger partial charge in [0.2, 0.25) is 5.95 Å². The third-order valence-electron chi connectivity index (χ3n) is 3.64. The van der Waals surface area contributed by atoms with Crippen LogP contribution in [0.25, 0.3) is 0 Å². The molecule has 1 aliphatic heterocycles. The number of aldehydes is 1. The first-order valence-electron chi connectivity index (χ1n) is 7.40. The van der Waals surface area contributed by atoms with Gasteiger partial charge in [-0.1, -0.05) is 12.1 Å². The second kappa shape index (κ2) is 6.99. The molecule has 0 bridgehead atoms. The van der Waals surface area contributed by atoms with Crippen LogP contribution in [-0.4, -0.2) is 35.6 Å². The molecule has 0 radical (unpaired) electrons. The first-order valence-corrected chi connectivity index (χ1v) is 7.40. The van der Waals surface area contributed by atoms with E-state index in [1.807, 2.05) is 4.90 Å². The number of benzene rings is 1. The van der Waals surface area contributed by atoms with Crippen molar-refractivity contribution < 1.29 is 9.18 Å². The maximum Gasteiger partial charge on any atom is 0.226 e. The van der Waals surface area contributed by atoms with Crippen molar-refractivity contribution in [3.05, 3.63) is 64.9 Å². The van der Waals surface area contributed by atoms with Gasteiger partial charge in [-0.15, -0.1) is 0 Å². The molecule has 2 heterocycles. The zero-order chi connectivity index (χ0) is 16.9. The van der Waals surface area contributed by atoms with Crippen LogP contribution >= 0.6 is 0 Å². The van der Waals surface area contributed by atoms with Crippen molar-refractivity contribution in [2.24, 2.45) is 10.7 Å². The van der Waals surface area contributed by atoms with Crippen molar-refractivity contribution in [1.29, 1.82) is 0 Å². The van der Waals surface area contributed by atoms with E-state index in [1.165, 1.54) is 12.1 Å². The molecule has 122 valence electrons. The average molecular weight is 325 g/mol. The van der Waals surface area contributed by atoms with Crippen LogP contribution in [-0.2, 0) is 6.54 Å². The van der Waals surface area contributed by atoms with Crippen LogP contribution in [0.5, 0.6) is 0 Å². The topological polar surface area (TPSA) is 84.5 Å². The standard InChI is InChI=1S/C17H16FN5O/c18-14-3-1-12(2-4-14)7-20-8-13-9-23(10-16(13)19)17-21-6-5-15(11-24)22-17/h1-6,8,11H,7,9-10,19H2. The molecule has 2 aromatic rings. The summed E-state index contributed by atoms with van der Waals surface area (Å²) in [7, 11) is 0. The van der Waals surface area contributed by atoms with Crippen LogP contribution in [0, 0.1) is 5.82 Å². The minimum Gasteiger partial charge on any atom is -0.400 e. The van der Waals surface area contributed by atoms with E-state index in [0.717, 1.165) is 11.1 Å². The van der Waals surface area contributed by atoms with E-state index in [1.54, 1.807) is 30.6 Å². The molecule has 0 unspecified atom stereocenters. The van der Waals surface area contributed by atoms with E-state index in [0.29, 0.717) is 43.3 Å². The summed E-state index contributed by atoms with van der Waals surface area (Å²) in [6.45, 7) is 1.47. The van der Waals surface area contributed by atoms with Crippen LogP contribution in [0.4, 0.5) is 10.3 Å². The Morgan fingerprint density at radius 1 is 1.25 bits per heavy atom. The Morgan fingerprint density at radius 2 is 2.04 bits per heavy atom. The van der Waals surface area contributed by atoms with Gasteiger partial charge in [-0.05, 0) is 23.8 Å². The summed E-state index contributed by atoms with van der Waals surface area (Å²) in [5.74, 6) is 0.197. The molecule has 0 saturated carbocycles. The predicted molar refractivity (Wildman–Crippen MR) is 89.4 cm³/mol. The van der Waals surface area contributed by atoms with Crippen LogP contribution in [0.2, 0.25) is 0 Å². The van der Waals surface area contributed by atoms with Gasteiger partial charge >= 0.3 is 0 Å². The van der Waals surface area contributed by atoms with Gasteiger partial charge in [0.1, 0.15) is 11.5 Å². The fourth-order valence-corrected chi connectivity index (χ4v) is 2.37. The molecule has 1 aromatic carbocycles. The quantitative estimate of drug-likeness (QED) is 0.668. The lowest BCUT2D eigenvalue weighted by molar-refractivity contribution is 0.111. The number of halogens is 1. The third-order valence-corrected chi connectivity index (χ3v) is 3.64. The Balaban J connectivity index is 1.64. The second-order valence-corrected chi connectivity index (χ2v) is 5.40. The number of hydrogen-bond donors (Lipinski definition) is 1. The summed E-state index contributed by atoms with van der Waals surface area (Å²) >= 11 is 0. The number of nitrogens with two attached hydrogens (primary N) is 1.